The van der Waals surface area contributed by atoms with Gasteiger partial charge in [0.2, 0.25) is 0 Å². The fourth-order valence-electron chi connectivity index (χ4n) is 3.37. The van der Waals surface area contributed by atoms with E-state index in [2.05, 4.69) is 20.4 Å². The number of anilines is 1. The molecule has 0 atom stereocenters. The second kappa shape index (κ2) is 8.11. The molecular formula is C23H16Cl2N6O. The minimum absolute atomic E-state index is 0.303. The average Bonchev–Trinajstić information content (AvgIpc) is 3.37. The largest absolute Gasteiger partial charge is 0.306 e. The molecule has 1 N–H and O–H groups in total. The van der Waals surface area contributed by atoms with Crippen LogP contribution in [-0.4, -0.2) is 30.1 Å². The third kappa shape index (κ3) is 3.84. The van der Waals surface area contributed by atoms with Crippen molar-refractivity contribution in [2.45, 2.75) is 6.92 Å². The van der Waals surface area contributed by atoms with Crippen molar-refractivity contribution in [3.8, 4) is 17.1 Å². The number of aromatic nitrogens is 5. The Bertz CT molecular complexity index is 1460. The van der Waals surface area contributed by atoms with Gasteiger partial charge in [0.25, 0.3) is 5.91 Å². The van der Waals surface area contributed by atoms with Crippen LogP contribution in [-0.2, 0) is 0 Å². The van der Waals surface area contributed by atoms with E-state index in [1.54, 1.807) is 24.3 Å². The van der Waals surface area contributed by atoms with E-state index in [1.165, 1.54) is 10.9 Å². The van der Waals surface area contributed by atoms with Gasteiger partial charge >= 0.3 is 0 Å². The number of pyridine rings is 2. The summed E-state index contributed by atoms with van der Waals surface area (Å²) in [4.78, 5) is 21.9. The van der Waals surface area contributed by atoms with Gasteiger partial charge in [-0.25, -0.2) is 9.97 Å². The van der Waals surface area contributed by atoms with Crippen molar-refractivity contribution in [1.29, 1.82) is 0 Å². The van der Waals surface area contributed by atoms with Gasteiger partial charge in [-0.2, -0.15) is 9.78 Å². The number of halogens is 2. The van der Waals surface area contributed by atoms with Gasteiger partial charge in [0.1, 0.15) is 11.5 Å². The SMILES string of the molecule is Cc1cc(NC(=O)c2ccn3cc(-c4ccccc4)nc3c2)n(-c2ncc(Cl)cc2Cl)n1. The van der Waals surface area contributed by atoms with E-state index in [0.717, 1.165) is 11.3 Å². The number of imidazole rings is 1. The third-order valence-corrected chi connectivity index (χ3v) is 5.34. The van der Waals surface area contributed by atoms with Crippen molar-refractivity contribution in [3.05, 3.63) is 94.5 Å². The van der Waals surface area contributed by atoms with Crippen molar-refractivity contribution < 1.29 is 4.79 Å². The summed E-state index contributed by atoms with van der Waals surface area (Å²) in [5.74, 6) is 0.510. The number of nitrogens with one attached hydrogen (secondary N) is 1. The molecule has 158 valence electrons. The summed E-state index contributed by atoms with van der Waals surface area (Å²) in [6, 6.07) is 16.7. The molecule has 1 aromatic carbocycles. The van der Waals surface area contributed by atoms with Crippen LogP contribution in [0.3, 0.4) is 0 Å². The average molecular weight is 463 g/mol. The maximum atomic E-state index is 13.0. The van der Waals surface area contributed by atoms with Crippen molar-refractivity contribution in [1.82, 2.24) is 24.1 Å². The number of carbonyl (C=O) groups is 1. The lowest BCUT2D eigenvalue weighted by molar-refractivity contribution is 0.102. The molecule has 7 nitrogen and oxygen atoms in total. The lowest BCUT2D eigenvalue weighted by atomic mass is 10.2. The zero-order valence-corrected chi connectivity index (χ0v) is 18.3. The summed E-state index contributed by atoms with van der Waals surface area (Å²) in [6.07, 6.45) is 5.21. The Hall–Kier alpha value is -3.68. The lowest BCUT2D eigenvalue weighted by Gasteiger charge is -2.10. The van der Waals surface area contributed by atoms with Crippen molar-refractivity contribution in [3.63, 3.8) is 0 Å². The van der Waals surface area contributed by atoms with Gasteiger partial charge in [0.05, 0.1) is 21.4 Å². The minimum atomic E-state index is -0.303. The fourth-order valence-corrected chi connectivity index (χ4v) is 3.83. The van der Waals surface area contributed by atoms with Crippen LogP contribution in [0.15, 0.2) is 73.2 Å². The summed E-state index contributed by atoms with van der Waals surface area (Å²) < 4.78 is 3.36. The second-order valence-electron chi connectivity index (χ2n) is 7.17. The van der Waals surface area contributed by atoms with Gasteiger partial charge in [0, 0.05) is 35.8 Å². The predicted octanol–water partition coefficient (Wildman–Crippen LogP) is 5.45. The van der Waals surface area contributed by atoms with Crippen molar-refractivity contribution >= 4 is 40.6 Å². The van der Waals surface area contributed by atoms with Gasteiger partial charge in [-0.05, 0) is 25.1 Å². The molecular weight excluding hydrogens is 447 g/mol. The maximum absolute atomic E-state index is 13.0. The van der Waals surface area contributed by atoms with Gasteiger partial charge in [-0.15, -0.1) is 0 Å². The van der Waals surface area contributed by atoms with E-state index >= 15 is 0 Å². The Balaban J connectivity index is 1.45. The number of fused-ring (bicyclic) bond motifs is 1. The van der Waals surface area contributed by atoms with Crippen LogP contribution in [0.5, 0.6) is 0 Å². The number of carbonyl (C=O) groups excluding carboxylic acids is 1. The van der Waals surface area contributed by atoms with E-state index in [1.807, 2.05) is 54.0 Å². The molecule has 4 heterocycles. The normalized spacial score (nSPS) is 11.1. The van der Waals surface area contributed by atoms with Crippen LogP contribution in [0.4, 0.5) is 5.82 Å². The van der Waals surface area contributed by atoms with E-state index < -0.39 is 0 Å². The van der Waals surface area contributed by atoms with Crippen LogP contribution < -0.4 is 5.32 Å². The third-order valence-electron chi connectivity index (χ3n) is 4.85. The first-order chi connectivity index (χ1) is 15.5. The molecule has 0 aliphatic heterocycles. The van der Waals surface area contributed by atoms with E-state index in [4.69, 9.17) is 23.2 Å². The zero-order valence-electron chi connectivity index (χ0n) is 16.8. The molecule has 5 aromatic rings. The first-order valence-electron chi connectivity index (χ1n) is 9.71. The number of rotatable bonds is 4. The molecule has 0 fully saturated rings. The number of nitrogens with zero attached hydrogens (tertiary/aromatic N) is 5. The number of benzene rings is 1. The molecule has 0 bridgehead atoms. The molecule has 0 aliphatic carbocycles. The number of hydrogen-bond donors (Lipinski definition) is 1. The highest BCUT2D eigenvalue weighted by molar-refractivity contribution is 6.35. The Morgan fingerprint density at radius 3 is 2.66 bits per heavy atom. The van der Waals surface area contributed by atoms with E-state index in [9.17, 15) is 4.79 Å². The summed E-state index contributed by atoms with van der Waals surface area (Å²) in [5.41, 5.74) is 3.67. The fraction of sp³-hybridized carbons (Fsp3) is 0.0435. The summed E-state index contributed by atoms with van der Waals surface area (Å²) in [5, 5.41) is 8.02. The quantitative estimate of drug-likeness (QED) is 0.385. The number of hydrogen-bond acceptors (Lipinski definition) is 4. The Morgan fingerprint density at radius 2 is 1.88 bits per heavy atom. The zero-order chi connectivity index (χ0) is 22.2. The van der Waals surface area contributed by atoms with Crippen molar-refractivity contribution in [2.24, 2.45) is 0 Å². The first kappa shape index (κ1) is 20.2. The molecule has 9 heteroatoms. The van der Waals surface area contributed by atoms with Crippen molar-refractivity contribution in [2.75, 3.05) is 5.32 Å². The van der Waals surface area contributed by atoms with Gasteiger partial charge in [0.15, 0.2) is 5.82 Å². The van der Waals surface area contributed by atoms with E-state index in [-0.39, 0.29) is 5.91 Å². The summed E-state index contributed by atoms with van der Waals surface area (Å²) >= 11 is 12.2. The van der Waals surface area contributed by atoms with Crippen LogP contribution in [0.25, 0.3) is 22.7 Å². The monoisotopic (exact) mass is 462 g/mol. The Morgan fingerprint density at radius 1 is 1.06 bits per heavy atom. The highest BCUT2D eigenvalue weighted by Gasteiger charge is 2.16. The topological polar surface area (TPSA) is 77.1 Å². The van der Waals surface area contributed by atoms with Crippen LogP contribution in [0.2, 0.25) is 10.0 Å². The van der Waals surface area contributed by atoms with Crippen LogP contribution in [0.1, 0.15) is 16.1 Å². The smallest absolute Gasteiger partial charge is 0.257 e. The van der Waals surface area contributed by atoms with Gasteiger partial charge < -0.3 is 9.72 Å². The molecule has 0 aliphatic rings. The molecule has 0 spiro atoms. The first-order valence-corrected chi connectivity index (χ1v) is 10.5. The molecule has 0 unspecified atom stereocenters. The van der Waals surface area contributed by atoms with Gasteiger partial charge in [-0.1, -0.05) is 53.5 Å². The second-order valence-corrected chi connectivity index (χ2v) is 8.01. The Labute approximate surface area is 193 Å². The van der Waals surface area contributed by atoms with E-state index in [0.29, 0.717) is 38.6 Å². The van der Waals surface area contributed by atoms with Crippen LogP contribution >= 0.6 is 23.2 Å². The molecule has 32 heavy (non-hydrogen) atoms. The highest BCUT2D eigenvalue weighted by atomic mass is 35.5. The standard InChI is InChI=1S/C23H16Cl2N6O/c1-14-9-21(31(29-14)22-18(25)11-17(24)12-26-22)28-23(32)16-7-8-30-13-19(27-20(30)10-16)15-5-3-2-4-6-15/h2-13H,1H3,(H,28,32). The van der Waals surface area contributed by atoms with Gasteiger partial charge in [-0.3, -0.25) is 4.79 Å². The minimum Gasteiger partial charge on any atom is -0.306 e. The molecule has 0 saturated carbocycles. The van der Waals surface area contributed by atoms with Crippen LogP contribution in [0, 0.1) is 6.92 Å². The molecule has 0 saturated heterocycles. The molecule has 4 aromatic heterocycles. The summed E-state index contributed by atoms with van der Waals surface area (Å²) in [7, 11) is 0. The number of amides is 1. The maximum Gasteiger partial charge on any atom is 0.257 e. The molecule has 1 amide bonds. The highest BCUT2D eigenvalue weighted by Crippen LogP contribution is 2.25. The molecule has 5 rings (SSSR count). The molecule has 0 radical (unpaired) electrons. The lowest BCUT2D eigenvalue weighted by Crippen LogP contribution is -2.16. The number of aryl methyl sites for hydroxylation is 1. The predicted molar refractivity (Wildman–Crippen MR) is 125 cm³/mol. The summed E-state index contributed by atoms with van der Waals surface area (Å²) in [6.45, 7) is 1.82. The Kier molecular flexibility index (Phi) is 5.13.